The predicted octanol–water partition coefficient (Wildman–Crippen LogP) is 4.32. The third-order valence-corrected chi connectivity index (χ3v) is 7.57. The Labute approximate surface area is 218 Å². The fourth-order valence-electron chi connectivity index (χ4n) is 3.84. The lowest BCUT2D eigenvalue weighted by Crippen LogP contribution is -2.33. The van der Waals surface area contributed by atoms with Crippen molar-refractivity contribution in [2.75, 3.05) is 5.32 Å². The van der Waals surface area contributed by atoms with Crippen LogP contribution in [-0.2, 0) is 12.3 Å². The number of aromatic nitrogens is 5. The summed E-state index contributed by atoms with van der Waals surface area (Å²) in [7, 11) is 0. The van der Waals surface area contributed by atoms with Crippen molar-refractivity contribution in [3.8, 4) is 0 Å². The van der Waals surface area contributed by atoms with Crippen molar-refractivity contribution >= 4 is 50.8 Å². The van der Waals surface area contributed by atoms with Crippen LogP contribution in [0.25, 0.3) is 16.7 Å². The van der Waals surface area contributed by atoms with Crippen LogP contribution in [0.2, 0.25) is 0 Å². The summed E-state index contributed by atoms with van der Waals surface area (Å²) in [4.78, 5) is 31.1. The molecule has 0 bridgehead atoms. The second-order valence-electron chi connectivity index (χ2n) is 8.70. The number of carbonyl (C=O) groups is 1. The lowest BCUT2D eigenvalue weighted by molar-refractivity contribution is 0.102. The van der Waals surface area contributed by atoms with E-state index < -0.39 is 5.91 Å². The van der Waals surface area contributed by atoms with Gasteiger partial charge in [0.25, 0.3) is 11.5 Å². The van der Waals surface area contributed by atoms with Crippen molar-refractivity contribution in [1.82, 2.24) is 24.1 Å². The van der Waals surface area contributed by atoms with E-state index in [1.807, 2.05) is 13.8 Å². The minimum absolute atomic E-state index is 0.0266. The number of amides is 1. The first-order chi connectivity index (χ1) is 17.8. The molecular weight excluding hydrogens is 513 g/mol. The van der Waals surface area contributed by atoms with Gasteiger partial charge in [-0.25, -0.2) is 9.37 Å². The first-order valence-corrected chi connectivity index (χ1v) is 13.2. The first kappa shape index (κ1) is 24.8. The molecule has 37 heavy (non-hydrogen) atoms. The van der Waals surface area contributed by atoms with Gasteiger partial charge in [0.05, 0.1) is 10.9 Å². The molecule has 5 rings (SSSR count). The van der Waals surface area contributed by atoms with Crippen LogP contribution in [0.15, 0.2) is 63.9 Å². The van der Waals surface area contributed by atoms with Gasteiger partial charge >= 0.3 is 0 Å². The lowest BCUT2D eigenvalue weighted by atomic mass is 10.1. The Bertz CT molecular complexity index is 1760. The van der Waals surface area contributed by atoms with Crippen LogP contribution in [0.3, 0.4) is 0 Å². The zero-order valence-corrected chi connectivity index (χ0v) is 21.6. The van der Waals surface area contributed by atoms with Crippen LogP contribution >= 0.6 is 23.1 Å². The summed E-state index contributed by atoms with van der Waals surface area (Å²) in [6, 6.07) is 13.2. The number of hydrogen-bond acceptors (Lipinski definition) is 8. The van der Waals surface area contributed by atoms with Crippen LogP contribution in [-0.4, -0.2) is 30.1 Å². The van der Waals surface area contributed by atoms with Crippen LogP contribution < -0.4 is 16.4 Å². The van der Waals surface area contributed by atoms with Gasteiger partial charge in [-0.15, -0.1) is 10.2 Å². The molecular formula is C25H22FN7O2S2. The Hall–Kier alpha value is -3.90. The van der Waals surface area contributed by atoms with E-state index in [-0.39, 0.29) is 38.9 Å². The number of rotatable bonds is 7. The van der Waals surface area contributed by atoms with Crippen LogP contribution in [0, 0.1) is 17.1 Å². The molecule has 0 saturated heterocycles. The van der Waals surface area contributed by atoms with E-state index in [0.29, 0.717) is 33.5 Å². The van der Waals surface area contributed by atoms with Gasteiger partial charge in [-0.05, 0) is 35.7 Å². The summed E-state index contributed by atoms with van der Waals surface area (Å²) in [5, 5.41) is 20.0. The molecule has 0 aliphatic carbocycles. The maximum atomic E-state index is 13.9. The van der Waals surface area contributed by atoms with E-state index in [4.69, 9.17) is 5.41 Å². The average Bonchev–Trinajstić information content (AvgIpc) is 3.32. The van der Waals surface area contributed by atoms with Gasteiger partial charge in [0.2, 0.25) is 5.13 Å². The van der Waals surface area contributed by atoms with E-state index >= 15 is 0 Å². The van der Waals surface area contributed by atoms with E-state index in [9.17, 15) is 14.0 Å². The molecule has 0 aliphatic heterocycles. The largest absolute Gasteiger partial charge is 0.310 e. The number of thioether (sulfide) groups is 1. The highest BCUT2D eigenvalue weighted by Gasteiger charge is 2.19. The predicted molar refractivity (Wildman–Crippen MR) is 141 cm³/mol. The van der Waals surface area contributed by atoms with Crippen molar-refractivity contribution in [2.45, 2.75) is 30.5 Å². The highest BCUT2D eigenvalue weighted by molar-refractivity contribution is 8.00. The van der Waals surface area contributed by atoms with Crippen molar-refractivity contribution in [1.29, 1.82) is 5.41 Å². The average molecular weight is 536 g/mol. The zero-order valence-electron chi connectivity index (χ0n) is 19.9. The number of fused-ring (bicyclic) bond motifs is 2. The van der Waals surface area contributed by atoms with Crippen molar-refractivity contribution in [2.24, 2.45) is 5.92 Å². The van der Waals surface area contributed by atoms with Crippen LogP contribution in [0.1, 0.15) is 29.8 Å². The normalized spacial score (nSPS) is 11.5. The summed E-state index contributed by atoms with van der Waals surface area (Å²) in [6.45, 7) is 4.38. The minimum atomic E-state index is -0.580. The van der Waals surface area contributed by atoms with E-state index in [1.165, 1.54) is 28.3 Å². The van der Waals surface area contributed by atoms with Gasteiger partial charge in [-0.2, -0.15) is 0 Å². The fraction of sp³-hybridized carbons (Fsp3) is 0.200. The Morgan fingerprint density at radius 1 is 1.19 bits per heavy atom. The number of nitrogens with zero attached hydrogens (tertiary/aromatic N) is 5. The van der Waals surface area contributed by atoms with Gasteiger partial charge in [0.15, 0.2) is 4.34 Å². The number of pyridine rings is 2. The molecule has 9 nitrogen and oxygen atoms in total. The summed E-state index contributed by atoms with van der Waals surface area (Å²) in [5.41, 5.74) is 1.01. The highest BCUT2D eigenvalue weighted by atomic mass is 32.2. The van der Waals surface area contributed by atoms with E-state index in [1.54, 1.807) is 47.2 Å². The first-order valence-electron chi connectivity index (χ1n) is 11.4. The number of nitrogens with one attached hydrogen (secondary N) is 2. The van der Waals surface area contributed by atoms with Crippen molar-refractivity contribution in [3.63, 3.8) is 0 Å². The molecule has 0 fully saturated rings. The Balaban J connectivity index is 1.47. The second-order valence-corrected chi connectivity index (χ2v) is 10.9. The maximum absolute atomic E-state index is 13.9. The van der Waals surface area contributed by atoms with Crippen molar-refractivity contribution in [3.05, 3.63) is 87.5 Å². The van der Waals surface area contributed by atoms with Gasteiger partial charge in [0.1, 0.15) is 22.6 Å². The SMILES string of the molecule is CC(C)Cn1c(=N)c(C(=O)Nc2nnc(SCc3ccccc3F)s2)cc2c(=O)n3ccccc3nc21. The molecule has 188 valence electrons. The number of halogens is 1. The molecule has 2 N–H and O–H groups in total. The second kappa shape index (κ2) is 10.2. The van der Waals surface area contributed by atoms with Gasteiger partial charge in [-0.3, -0.25) is 24.7 Å². The summed E-state index contributed by atoms with van der Waals surface area (Å²) in [5.74, 6) is -0.357. The van der Waals surface area contributed by atoms with Crippen LogP contribution in [0.5, 0.6) is 0 Å². The molecule has 5 aromatic rings. The van der Waals surface area contributed by atoms with Crippen LogP contribution in [0.4, 0.5) is 9.52 Å². The molecule has 12 heteroatoms. The zero-order chi connectivity index (χ0) is 26.1. The number of carbonyl (C=O) groups excluding carboxylic acids is 1. The maximum Gasteiger partial charge on any atom is 0.267 e. The molecule has 0 aliphatic rings. The van der Waals surface area contributed by atoms with Gasteiger partial charge < -0.3 is 4.57 Å². The van der Waals surface area contributed by atoms with Crippen molar-refractivity contribution < 1.29 is 9.18 Å². The smallest absolute Gasteiger partial charge is 0.267 e. The summed E-state index contributed by atoms with van der Waals surface area (Å²) < 4.78 is 17.5. The molecule has 1 aromatic carbocycles. The third kappa shape index (κ3) is 5.02. The van der Waals surface area contributed by atoms with Gasteiger partial charge in [-0.1, -0.05) is 61.2 Å². The Kier molecular flexibility index (Phi) is 6.85. The topological polar surface area (TPSA) is 118 Å². The minimum Gasteiger partial charge on any atom is -0.310 e. The standard InChI is InChI=1S/C25H22FN7O2S2/c1-14(2)12-33-20(27)16(11-17-21(33)28-19-9-5-6-10-32(19)23(17)35)22(34)29-24-30-31-25(37-24)36-13-15-7-3-4-8-18(15)26/h3-11,14,27H,12-13H2,1-2H3,(H,29,30,34). The fourth-order valence-corrected chi connectivity index (χ4v) is 5.57. The Morgan fingerprint density at radius 3 is 2.76 bits per heavy atom. The lowest BCUT2D eigenvalue weighted by Gasteiger charge is -2.16. The quantitative estimate of drug-likeness (QED) is 0.182. The molecule has 4 aromatic heterocycles. The molecule has 0 atom stereocenters. The number of hydrogen-bond donors (Lipinski definition) is 2. The van der Waals surface area contributed by atoms with Gasteiger partial charge in [0, 0.05) is 18.5 Å². The molecule has 0 saturated carbocycles. The summed E-state index contributed by atoms with van der Waals surface area (Å²) >= 11 is 2.46. The molecule has 0 radical (unpaired) electrons. The number of anilines is 1. The number of benzene rings is 1. The van der Waals surface area contributed by atoms with E-state index in [2.05, 4.69) is 20.5 Å². The molecule has 1 amide bonds. The van der Waals surface area contributed by atoms with E-state index in [0.717, 1.165) is 11.3 Å². The Morgan fingerprint density at radius 2 is 1.97 bits per heavy atom. The highest BCUT2D eigenvalue weighted by Crippen LogP contribution is 2.29. The molecule has 0 spiro atoms. The summed E-state index contributed by atoms with van der Waals surface area (Å²) in [6.07, 6.45) is 1.62. The molecule has 0 unspecified atom stereocenters. The molecule has 4 heterocycles. The monoisotopic (exact) mass is 535 g/mol. The third-order valence-electron chi connectivity index (χ3n) is 5.55.